The molecule has 0 fully saturated rings. The summed E-state index contributed by atoms with van der Waals surface area (Å²) < 4.78 is 0. The largest absolute Gasteiger partial charge is 0.193 e. The van der Waals surface area contributed by atoms with Crippen LogP contribution < -0.4 is 0 Å². The van der Waals surface area contributed by atoms with Gasteiger partial charge in [0.2, 0.25) is 0 Å². The predicted molar refractivity (Wildman–Crippen MR) is 52.6 cm³/mol. The fraction of sp³-hybridized carbons (Fsp3) is 0.545. The molecule has 0 unspecified atom stereocenters. The van der Waals surface area contributed by atoms with Crippen LogP contribution >= 0.6 is 0 Å². The molecule has 0 bridgehead atoms. The van der Waals surface area contributed by atoms with Gasteiger partial charge in [0.05, 0.1) is 6.07 Å². The number of nitriles is 1. The lowest BCUT2D eigenvalue weighted by atomic mass is 9.85. The maximum atomic E-state index is 8.60. The minimum absolute atomic E-state index is 0.132. The Balaban J connectivity index is 4.78. The second-order valence-electron chi connectivity index (χ2n) is 3.93. The molecule has 1 heteroatoms. The lowest BCUT2D eigenvalue weighted by Crippen LogP contribution is -2.07. The van der Waals surface area contributed by atoms with Crippen molar-refractivity contribution < 1.29 is 0 Å². The molecule has 0 aliphatic rings. The zero-order valence-electron chi connectivity index (χ0n) is 8.60. The Morgan fingerprint density at radius 2 is 1.83 bits per heavy atom. The van der Waals surface area contributed by atoms with Gasteiger partial charge in [-0.15, -0.1) is 0 Å². The van der Waals surface area contributed by atoms with Crippen LogP contribution in [0.1, 0.15) is 34.6 Å². The van der Waals surface area contributed by atoms with Gasteiger partial charge < -0.3 is 0 Å². The van der Waals surface area contributed by atoms with Crippen LogP contribution in [0.3, 0.4) is 0 Å². The summed E-state index contributed by atoms with van der Waals surface area (Å²) >= 11 is 0. The van der Waals surface area contributed by atoms with Gasteiger partial charge in [-0.2, -0.15) is 5.26 Å². The minimum atomic E-state index is 0.132. The first kappa shape index (κ1) is 11.0. The highest BCUT2D eigenvalue weighted by Gasteiger charge is 2.13. The highest BCUT2D eigenvalue weighted by atomic mass is 14.2. The van der Waals surface area contributed by atoms with E-state index in [1.165, 1.54) is 5.57 Å². The second-order valence-corrected chi connectivity index (χ2v) is 3.93. The van der Waals surface area contributed by atoms with E-state index in [0.717, 1.165) is 5.57 Å². The van der Waals surface area contributed by atoms with Crippen LogP contribution in [0.2, 0.25) is 0 Å². The second kappa shape index (κ2) is 4.11. The van der Waals surface area contributed by atoms with E-state index in [2.05, 4.69) is 32.9 Å². The molecule has 0 aromatic rings. The molecule has 0 rings (SSSR count). The zero-order valence-corrected chi connectivity index (χ0v) is 8.60. The van der Waals surface area contributed by atoms with Gasteiger partial charge in [-0.3, -0.25) is 0 Å². The summed E-state index contributed by atoms with van der Waals surface area (Å²) in [5, 5.41) is 8.60. The van der Waals surface area contributed by atoms with Crippen LogP contribution in [-0.4, -0.2) is 0 Å². The summed E-state index contributed by atoms with van der Waals surface area (Å²) in [6.45, 7) is 10.3. The van der Waals surface area contributed by atoms with Gasteiger partial charge in [0.1, 0.15) is 0 Å². The molecule has 0 aliphatic carbocycles. The highest BCUT2D eigenvalue weighted by Crippen LogP contribution is 2.26. The van der Waals surface area contributed by atoms with Crippen LogP contribution in [0.15, 0.2) is 23.3 Å². The maximum absolute atomic E-state index is 8.60. The van der Waals surface area contributed by atoms with E-state index in [1.54, 1.807) is 0 Å². The van der Waals surface area contributed by atoms with Crippen LogP contribution in [0.5, 0.6) is 0 Å². The molecule has 0 amide bonds. The first-order valence-corrected chi connectivity index (χ1v) is 4.17. The third-order valence-corrected chi connectivity index (χ3v) is 1.73. The first-order chi connectivity index (χ1) is 5.41. The van der Waals surface area contributed by atoms with Gasteiger partial charge in [-0.05, 0) is 30.9 Å². The summed E-state index contributed by atoms with van der Waals surface area (Å²) in [6.07, 6.45) is 4.00. The van der Waals surface area contributed by atoms with Crippen molar-refractivity contribution in [3.63, 3.8) is 0 Å². The molecular weight excluding hydrogens is 146 g/mol. The van der Waals surface area contributed by atoms with Crippen molar-refractivity contribution in [1.29, 1.82) is 5.26 Å². The molecule has 12 heavy (non-hydrogen) atoms. The van der Waals surface area contributed by atoms with Crippen LogP contribution in [0.25, 0.3) is 0 Å². The Labute approximate surface area is 75.4 Å². The van der Waals surface area contributed by atoms with Crippen molar-refractivity contribution in [2.75, 3.05) is 0 Å². The molecule has 0 atom stereocenters. The van der Waals surface area contributed by atoms with Crippen molar-refractivity contribution in [2.24, 2.45) is 5.41 Å². The van der Waals surface area contributed by atoms with Gasteiger partial charge in [0, 0.05) is 5.57 Å². The summed E-state index contributed by atoms with van der Waals surface area (Å²) in [5.74, 6) is 0. The van der Waals surface area contributed by atoms with E-state index in [0.29, 0.717) is 0 Å². The molecule has 1 nitrogen and oxygen atoms in total. The lowest BCUT2D eigenvalue weighted by Gasteiger charge is -2.20. The fourth-order valence-corrected chi connectivity index (χ4v) is 0.998. The van der Waals surface area contributed by atoms with Gasteiger partial charge in [0.25, 0.3) is 0 Å². The summed E-state index contributed by atoms with van der Waals surface area (Å²) in [7, 11) is 0. The Kier molecular flexibility index (Phi) is 3.76. The van der Waals surface area contributed by atoms with Crippen molar-refractivity contribution in [3.05, 3.63) is 23.3 Å². The van der Waals surface area contributed by atoms with E-state index in [-0.39, 0.29) is 5.41 Å². The van der Waals surface area contributed by atoms with Gasteiger partial charge in [-0.25, -0.2) is 0 Å². The number of allylic oxidation sites excluding steroid dienone is 4. The quantitative estimate of drug-likeness (QED) is 0.429. The van der Waals surface area contributed by atoms with E-state index in [4.69, 9.17) is 5.26 Å². The average Bonchev–Trinajstić information content (AvgIpc) is 1.97. The summed E-state index contributed by atoms with van der Waals surface area (Å²) in [5.41, 5.74) is 2.10. The Morgan fingerprint density at radius 3 is 2.08 bits per heavy atom. The summed E-state index contributed by atoms with van der Waals surface area (Å²) in [6, 6.07) is 2.12. The van der Waals surface area contributed by atoms with Gasteiger partial charge in [0.15, 0.2) is 0 Å². The average molecular weight is 163 g/mol. The van der Waals surface area contributed by atoms with Gasteiger partial charge in [-0.1, -0.05) is 26.8 Å². The first-order valence-electron chi connectivity index (χ1n) is 4.17. The molecule has 0 aliphatic heterocycles. The van der Waals surface area contributed by atoms with E-state index >= 15 is 0 Å². The molecule has 66 valence electrons. The smallest absolute Gasteiger partial charge is 0.0944 e. The van der Waals surface area contributed by atoms with Crippen molar-refractivity contribution >= 4 is 0 Å². The van der Waals surface area contributed by atoms with E-state index < -0.39 is 0 Å². The standard InChI is InChI=1S/C11H17N/c1-6-10(11(3,4)5)7-9(2)8-12/h6-7H,1-5H3/b9-7+,10-6+. The molecule has 0 N–H and O–H groups in total. The Bertz CT molecular complexity index is 243. The molecule has 0 saturated carbocycles. The molecule has 0 radical (unpaired) electrons. The SMILES string of the molecule is C/C=C(\C=C(/C)C#N)C(C)(C)C. The molecule has 0 spiro atoms. The monoisotopic (exact) mass is 163 g/mol. The highest BCUT2D eigenvalue weighted by molar-refractivity contribution is 5.32. The van der Waals surface area contributed by atoms with Crippen LogP contribution in [0.4, 0.5) is 0 Å². The van der Waals surface area contributed by atoms with Gasteiger partial charge >= 0.3 is 0 Å². The van der Waals surface area contributed by atoms with Crippen molar-refractivity contribution in [3.8, 4) is 6.07 Å². The van der Waals surface area contributed by atoms with Crippen molar-refractivity contribution in [2.45, 2.75) is 34.6 Å². The van der Waals surface area contributed by atoms with E-state index in [9.17, 15) is 0 Å². The number of rotatable bonds is 1. The predicted octanol–water partition coefficient (Wildman–Crippen LogP) is 3.45. The summed E-state index contributed by atoms with van der Waals surface area (Å²) in [4.78, 5) is 0. The van der Waals surface area contributed by atoms with E-state index in [1.807, 2.05) is 19.9 Å². The number of hydrogen-bond donors (Lipinski definition) is 0. The Hall–Kier alpha value is -1.03. The fourth-order valence-electron chi connectivity index (χ4n) is 0.998. The number of nitrogens with zero attached hydrogens (tertiary/aromatic N) is 1. The minimum Gasteiger partial charge on any atom is -0.193 e. The molecule has 0 aromatic carbocycles. The van der Waals surface area contributed by atoms with Crippen LogP contribution in [0, 0.1) is 16.7 Å². The molecule has 0 aromatic heterocycles. The lowest BCUT2D eigenvalue weighted by molar-refractivity contribution is 0.516. The molecule has 0 heterocycles. The zero-order chi connectivity index (χ0) is 9.78. The topological polar surface area (TPSA) is 23.8 Å². The van der Waals surface area contributed by atoms with Crippen molar-refractivity contribution in [1.82, 2.24) is 0 Å². The normalized spacial score (nSPS) is 14.3. The third kappa shape index (κ3) is 3.39. The third-order valence-electron chi connectivity index (χ3n) is 1.73. The molecule has 0 saturated heterocycles. The Morgan fingerprint density at radius 1 is 1.33 bits per heavy atom. The van der Waals surface area contributed by atoms with Crippen LogP contribution in [-0.2, 0) is 0 Å². The molecular formula is C11H17N. The number of hydrogen-bond acceptors (Lipinski definition) is 1. The maximum Gasteiger partial charge on any atom is 0.0944 e.